The van der Waals surface area contributed by atoms with Crippen molar-refractivity contribution in [3.8, 4) is 11.4 Å². The number of H-pyrrole nitrogens is 1. The van der Waals surface area contributed by atoms with E-state index in [1.165, 1.54) is 0 Å². The number of nitrogens with zero attached hydrogens (tertiary/aromatic N) is 5. The Labute approximate surface area is 160 Å². The fourth-order valence-electron chi connectivity index (χ4n) is 3.72. The second-order valence-electron chi connectivity index (χ2n) is 7.23. The molecule has 2 aromatic heterocycles. The normalized spacial score (nSPS) is 15.4. The maximum Gasteiger partial charge on any atom is 0.161 e. The third-order valence-corrected chi connectivity index (χ3v) is 5.24. The Morgan fingerprint density at radius 2 is 1.93 bits per heavy atom. The molecule has 0 unspecified atom stereocenters. The van der Waals surface area contributed by atoms with Crippen molar-refractivity contribution in [2.75, 3.05) is 25.0 Å². The molecule has 27 heavy (non-hydrogen) atoms. The summed E-state index contributed by atoms with van der Waals surface area (Å²) in [6.07, 6.45) is 5.95. The molecule has 3 aromatic rings. The summed E-state index contributed by atoms with van der Waals surface area (Å²) in [4.78, 5) is 21.8. The molecular formula is C21H26N6. The number of aromatic nitrogens is 4. The number of imidazole rings is 1. The first-order valence-corrected chi connectivity index (χ1v) is 9.53. The van der Waals surface area contributed by atoms with Crippen molar-refractivity contribution in [1.29, 1.82) is 0 Å². The molecule has 0 saturated carbocycles. The van der Waals surface area contributed by atoms with E-state index in [1.807, 2.05) is 37.5 Å². The van der Waals surface area contributed by atoms with Gasteiger partial charge in [0, 0.05) is 48.8 Å². The third-order valence-electron chi connectivity index (χ3n) is 5.24. The largest absolute Gasteiger partial charge is 0.356 e. The monoisotopic (exact) mass is 362 g/mol. The van der Waals surface area contributed by atoms with Crippen LogP contribution in [0.1, 0.15) is 24.4 Å². The molecule has 0 atom stereocenters. The lowest BCUT2D eigenvalue weighted by molar-refractivity contribution is 0.196. The molecule has 140 valence electrons. The van der Waals surface area contributed by atoms with Gasteiger partial charge in [-0.05, 0) is 26.8 Å². The topological polar surface area (TPSA) is 60.9 Å². The number of hydrogen-bond acceptors (Lipinski definition) is 5. The number of hydrogen-bond donors (Lipinski definition) is 1. The van der Waals surface area contributed by atoms with Crippen LogP contribution < -0.4 is 4.90 Å². The van der Waals surface area contributed by atoms with Gasteiger partial charge in [-0.3, -0.25) is 4.90 Å². The van der Waals surface area contributed by atoms with E-state index in [0.29, 0.717) is 6.04 Å². The summed E-state index contributed by atoms with van der Waals surface area (Å²) in [6.45, 7) is 4.93. The van der Waals surface area contributed by atoms with Crippen molar-refractivity contribution >= 4 is 5.82 Å². The van der Waals surface area contributed by atoms with Crippen LogP contribution in [0.2, 0.25) is 0 Å². The number of rotatable bonds is 5. The average Bonchev–Trinajstić information content (AvgIpc) is 3.21. The number of nitrogens with one attached hydrogen (secondary N) is 1. The summed E-state index contributed by atoms with van der Waals surface area (Å²) in [5, 5.41) is 0. The van der Waals surface area contributed by atoms with Crippen molar-refractivity contribution in [2.45, 2.75) is 32.4 Å². The molecule has 0 aliphatic carbocycles. The maximum atomic E-state index is 4.84. The van der Waals surface area contributed by atoms with Crippen LogP contribution in [-0.4, -0.2) is 51.0 Å². The summed E-state index contributed by atoms with van der Waals surface area (Å²) < 4.78 is 0. The second-order valence-corrected chi connectivity index (χ2v) is 7.23. The van der Waals surface area contributed by atoms with Gasteiger partial charge in [-0.2, -0.15) is 0 Å². The first-order chi connectivity index (χ1) is 13.2. The summed E-state index contributed by atoms with van der Waals surface area (Å²) in [5.74, 6) is 2.87. The molecule has 6 nitrogen and oxygen atoms in total. The van der Waals surface area contributed by atoms with E-state index in [4.69, 9.17) is 4.98 Å². The molecule has 0 spiro atoms. The molecule has 1 aliphatic rings. The van der Waals surface area contributed by atoms with Crippen LogP contribution in [0.25, 0.3) is 11.4 Å². The van der Waals surface area contributed by atoms with Gasteiger partial charge >= 0.3 is 0 Å². The molecule has 0 radical (unpaired) electrons. The molecule has 1 aromatic carbocycles. The van der Waals surface area contributed by atoms with Crippen LogP contribution in [0.3, 0.4) is 0 Å². The lowest BCUT2D eigenvalue weighted by atomic mass is 10.0. The Morgan fingerprint density at radius 3 is 2.63 bits per heavy atom. The molecule has 1 N–H and O–H groups in total. The smallest absolute Gasteiger partial charge is 0.161 e. The third kappa shape index (κ3) is 4.17. The summed E-state index contributed by atoms with van der Waals surface area (Å²) in [5.41, 5.74) is 2.08. The predicted octanol–water partition coefficient (Wildman–Crippen LogP) is 3.28. The van der Waals surface area contributed by atoms with Gasteiger partial charge in [-0.1, -0.05) is 30.3 Å². The Hall–Kier alpha value is -2.73. The SMILES string of the molecule is Cc1cc(N2CCC(N(C)Cc3ncc[nH]3)CC2)nc(-c2ccccc2)n1. The molecule has 3 heterocycles. The van der Waals surface area contributed by atoms with Gasteiger partial charge in [-0.15, -0.1) is 0 Å². The fraction of sp³-hybridized carbons (Fsp3) is 0.381. The Morgan fingerprint density at radius 1 is 1.15 bits per heavy atom. The zero-order valence-electron chi connectivity index (χ0n) is 16.0. The van der Waals surface area contributed by atoms with Crippen molar-refractivity contribution < 1.29 is 0 Å². The predicted molar refractivity (Wildman–Crippen MR) is 107 cm³/mol. The first kappa shape index (κ1) is 17.7. The van der Waals surface area contributed by atoms with E-state index in [-0.39, 0.29) is 0 Å². The minimum absolute atomic E-state index is 0.572. The van der Waals surface area contributed by atoms with Gasteiger partial charge in [-0.25, -0.2) is 15.0 Å². The van der Waals surface area contributed by atoms with Crippen molar-refractivity contribution in [2.24, 2.45) is 0 Å². The van der Waals surface area contributed by atoms with E-state index in [2.05, 4.69) is 50.0 Å². The Bertz CT molecular complexity index is 854. The average molecular weight is 362 g/mol. The molecule has 1 fully saturated rings. The lowest BCUT2D eigenvalue weighted by Gasteiger charge is -2.37. The van der Waals surface area contributed by atoms with Crippen LogP contribution in [-0.2, 0) is 6.54 Å². The summed E-state index contributed by atoms with van der Waals surface area (Å²) in [6, 6.07) is 12.9. The molecule has 1 saturated heterocycles. The van der Waals surface area contributed by atoms with Crippen molar-refractivity contribution in [3.05, 3.63) is 60.3 Å². The highest BCUT2D eigenvalue weighted by molar-refractivity contribution is 5.57. The number of piperidine rings is 1. The van der Waals surface area contributed by atoms with Gasteiger partial charge < -0.3 is 9.88 Å². The molecule has 4 rings (SSSR count). The van der Waals surface area contributed by atoms with Crippen LogP contribution in [0.5, 0.6) is 0 Å². The van der Waals surface area contributed by atoms with Crippen LogP contribution in [0.4, 0.5) is 5.82 Å². The summed E-state index contributed by atoms with van der Waals surface area (Å²) >= 11 is 0. The van der Waals surface area contributed by atoms with Crippen LogP contribution in [0, 0.1) is 6.92 Å². The number of aryl methyl sites for hydroxylation is 1. The number of anilines is 1. The van der Waals surface area contributed by atoms with Crippen molar-refractivity contribution in [1.82, 2.24) is 24.8 Å². The van der Waals surface area contributed by atoms with Gasteiger partial charge in [0.1, 0.15) is 11.6 Å². The van der Waals surface area contributed by atoms with Gasteiger partial charge in [0.15, 0.2) is 5.82 Å². The van der Waals surface area contributed by atoms with Gasteiger partial charge in [0.2, 0.25) is 0 Å². The first-order valence-electron chi connectivity index (χ1n) is 9.53. The maximum absolute atomic E-state index is 4.84. The molecule has 0 amide bonds. The highest BCUT2D eigenvalue weighted by Gasteiger charge is 2.24. The van der Waals surface area contributed by atoms with E-state index in [9.17, 15) is 0 Å². The molecular weight excluding hydrogens is 336 g/mol. The van der Waals surface area contributed by atoms with E-state index in [0.717, 1.165) is 61.2 Å². The van der Waals surface area contributed by atoms with Crippen molar-refractivity contribution in [3.63, 3.8) is 0 Å². The highest BCUT2D eigenvalue weighted by atomic mass is 15.2. The summed E-state index contributed by atoms with van der Waals surface area (Å²) in [7, 11) is 2.19. The molecule has 0 bridgehead atoms. The van der Waals surface area contributed by atoms with Gasteiger partial charge in [0.25, 0.3) is 0 Å². The molecule has 6 heteroatoms. The van der Waals surface area contributed by atoms with E-state index >= 15 is 0 Å². The lowest BCUT2D eigenvalue weighted by Crippen LogP contribution is -2.43. The van der Waals surface area contributed by atoms with Gasteiger partial charge in [0.05, 0.1) is 6.54 Å². The highest BCUT2D eigenvalue weighted by Crippen LogP contribution is 2.24. The van der Waals surface area contributed by atoms with Crippen LogP contribution >= 0.6 is 0 Å². The molecule has 1 aliphatic heterocycles. The quantitative estimate of drug-likeness (QED) is 0.755. The standard InChI is InChI=1S/C21H26N6/c1-16-14-20(25-21(24-16)17-6-4-3-5-7-17)27-12-8-18(9-13-27)26(2)15-19-22-10-11-23-19/h3-7,10-11,14,18H,8-9,12-13,15H2,1-2H3,(H,22,23). The Kier molecular flexibility index (Phi) is 5.16. The minimum Gasteiger partial charge on any atom is -0.356 e. The zero-order chi connectivity index (χ0) is 18.6. The second kappa shape index (κ2) is 7.88. The fourth-order valence-corrected chi connectivity index (χ4v) is 3.72. The number of aromatic amines is 1. The van der Waals surface area contributed by atoms with E-state index in [1.54, 1.807) is 0 Å². The zero-order valence-corrected chi connectivity index (χ0v) is 16.0. The minimum atomic E-state index is 0.572. The Balaban J connectivity index is 1.43. The van der Waals surface area contributed by atoms with Crippen LogP contribution in [0.15, 0.2) is 48.8 Å². The van der Waals surface area contributed by atoms with E-state index < -0.39 is 0 Å². The number of benzene rings is 1.